The predicted molar refractivity (Wildman–Crippen MR) is 97.1 cm³/mol. The van der Waals surface area contributed by atoms with E-state index in [1.165, 1.54) is 22.3 Å². The third kappa shape index (κ3) is 3.36. The quantitative estimate of drug-likeness (QED) is 0.719. The van der Waals surface area contributed by atoms with Gasteiger partial charge < -0.3 is 9.64 Å². The Hall–Kier alpha value is -2.13. The van der Waals surface area contributed by atoms with Crippen molar-refractivity contribution in [2.24, 2.45) is 0 Å². The summed E-state index contributed by atoms with van der Waals surface area (Å²) in [6.07, 6.45) is 0.456. The molecule has 0 amide bonds. The van der Waals surface area contributed by atoms with Crippen LogP contribution in [0.2, 0.25) is 0 Å². The zero-order valence-corrected chi connectivity index (χ0v) is 14.5. The Morgan fingerprint density at radius 2 is 1.50 bits per heavy atom. The van der Waals surface area contributed by atoms with Gasteiger partial charge in [0.2, 0.25) is 0 Å². The van der Waals surface area contributed by atoms with Gasteiger partial charge in [0.05, 0.1) is 6.42 Å². The number of carbonyl (C=O) groups excluding carboxylic acids is 1. The highest BCUT2D eigenvalue weighted by Crippen LogP contribution is 2.44. The third-order valence-corrected chi connectivity index (χ3v) is 4.90. The summed E-state index contributed by atoms with van der Waals surface area (Å²) in [5.74, 6) is 0.0403. The summed E-state index contributed by atoms with van der Waals surface area (Å²) in [6, 6.07) is 16.8. The van der Waals surface area contributed by atoms with Crippen LogP contribution in [0.15, 0.2) is 48.5 Å². The number of nitrogens with zero attached hydrogens (tertiary/aromatic N) is 1. The van der Waals surface area contributed by atoms with Gasteiger partial charge in [-0.25, -0.2) is 0 Å². The van der Waals surface area contributed by atoms with Crippen molar-refractivity contribution in [1.29, 1.82) is 0 Å². The molecule has 3 nitrogen and oxygen atoms in total. The Morgan fingerprint density at radius 1 is 0.958 bits per heavy atom. The van der Waals surface area contributed by atoms with Crippen LogP contribution in [0.25, 0.3) is 11.1 Å². The number of fused-ring (bicyclic) bond motifs is 3. The van der Waals surface area contributed by atoms with Crippen molar-refractivity contribution in [3.05, 3.63) is 59.7 Å². The number of esters is 1. The lowest BCUT2D eigenvalue weighted by atomic mass is 9.98. The van der Waals surface area contributed by atoms with Crippen LogP contribution in [-0.4, -0.2) is 37.1 Å². The van der Waals surface area contributed by atoms with Crippen LogP contribution in [0.1, 0.15) is 37.3 Å². The number of hydrogen-bond acceptors (Lipinski definition) is 3. The van der Waals surface area contributed by atoms with Crippen molar-refractivity contribution in [2.75, 3.05) is 26.2 Å². The SMILES string of the molecule is CCN(CC)CCC(=O)OCC1c2ccccc2-c2ccccc21. The molecule has 24 heavy (non-hydrogen) atoms. The maximum Gasteiger partial charge on any atom is 0.307 e. The van der Waals surface area contributed by atoms with E-state index in [0.29, 0.717) is 13.0 Å². The van der Waals surface area contributed by atoms with E-state index in [-0.39, 0.29) is 11.9 Å². The maximum atomic E-state index is 12.1. The summed E-state index contributed by atoms with van der Waals surface area (Å²) in [5.41, 5.74) is 5.04. The van der Waals surface area contributed by atoms with E-state index in [2.05, 4.69) is 67.3 Å². The van der Waals surface area contributed by atoms with E-state index in [0.717, 1.165) is 19.6 Å². The molecular formula is C21H25NO2. The molecule has 0 spiro atoms. The van der Waals surface area contributed by atoms with Crippen molar-refractivity contribution in [2.45, 2.75) is 26.2 Å². The molecule has 0 fully saturated rings. The van der Waals surface area contributed by atoms with Gasteiger partial charge >= 0.3 is 5.97 Å². The first-order valence-corrected chi connectivity index (χ1v) is 8.80. The van der Waals surface area contributed by atoms with E-state index in [1.54, 1.807) is 0 Å². The second-order valence-corrected chi connectivity index (χ2v) is 6.19. The third-order valence-electron chi connectivity index (χ3n) is 4.90. The van der Waals surface area contributed by atoms with Gasteiger partial charge in [-0.15, -0.1) is 0 Å². The molecule has 2 aromatic carbocycles. The monoisotopic (exact) mass is 323 g/mol. The van der Waals surface area contributed by atoms with Gasteiger partial charge in [-0.2, -0.15) is 0 Å². The normalized spacial score (nSPS) is 13.0. The van der Waals surface area contributed by atoms with Crippen LogP contribution >= 0.6 is 0 Å². The van der Waals surface area contributed by atoms with Crippen molar-refractivity contribution in [1.82, 2.24) is 4.90 Å². The van der Waals surface area contributed by atoms with E-state index < -0.39 is 0 Å². The maximum absolute atomic E-state index is 12.1. The van der Waals surface area contributed by atoms with E-state index in [4.69, 9.17) is 4.74 Å². The van der Waals surface area contributed by atoms with Gasteiger partial charge in [0.25, 0.3) is 0 Å². The first-order valence-electron chi connectivity index (χ1n) is 8.80. The van der Waals surface area contributed by atoms with Gasteiger partial charge in [0.15, 0.2) is 0 Å². The fraction of sp³-hybridized carbons (Fsp3) is 0.381. The summed E-state index contributed by atoms with van der Waals surface area (Å²) in [7, 11) is 0. The molecule has 0 atom stereocenters. The number of ether oxygens (including phenoxy) is 1. The summed E-state index contributed by atoms with van der Waals surface area (Å²) in [4.78, 5) is 14.3. The van der Waals surface area contributed by atoms with Gasteiger partial charge in [0, 0.05) is 12.5 Å². The molecule has 0 saturated heterocycles. The fourth-order valence-corrected chi connectivity index (χ4v) is 3.48. The lowest BCUT2D eigenvalue weighted by molar-refractivity contribution is -0.144. The van der Waals surface area contributed by atoms with Crippen molar-refractivity contribution in [3.8, 4) is 11.1 Å². The van der Waals surface area contributed by atoms with Crippen molar-refractivity contribution >= 4 is 5.97 Å². The van der Waals surface area contributed by atoms with E-state index in [1.807, 2.05) is 0 Å². The Morgan fingerprint density at radius 3 is 2.04 bits per heavy atom. The highest BCUT2D eigenvalue weighted by molar-refractivity contribution is 5.79. The van der Waals surface area contributed by atoms with Crippen LogP contribution in [0.4, 0.5) is 0 Å². The first kappa shape index (κ1) is 16.7. The molecule has 3 heteroatoms. The van der Waals surface area contributed by atoms with Crippen LogP contribution in [-0.2, 0) is 9.53 Å². The Bertz CT molecular complexity index is 661. The molecule has 3 rings (SSSR count). The topological polar surface area (TPSA) is 29.5 Å². The summed E-state index contributed by atoms with van der Waals surface area (Å²) in [5, 5.41) is 0. The molecule has 0 radical (unpaired) electrons. The minimum absolute atomic E-state index is 0.108. The molecule has 0 bridgehead atoms. The summed E-state index contributed by atoms with van der Waals surface area (Å²) in [6.45, 7) is 7.34. The second-order valence-electron chi connectivity index (χ2n) is 6.19. The highest BCUT2D eigenvalue weighted by Gasteiger charge is 2.28. The zero-order valence-electron chi connectivity index (χ0n) is 14.5. The van der Waals surface area contributed by atoms with Crippen molar-refractivity contribution in [3.63, 3.8) is 0 Å². The fourth-order valence-electron chi connectivity index (χ4n) is 3.48. The molecule has 126 valence electrons. The van der Waals surface area contributed by atoms with E-state index in [9.17, 15) is 4.79 Å². The van der Waals surface area contributed by atoms with Crippen LogP contribution in [0.3, 0.4) is 0 Å². The number of carbonyl (C=O) groups is 1. The standard InChI is InChI=1S/C21H25NO2/c1-3-22(4-2)14-13-21(23)24-15-20-18-11-7-5-9-16(18)17-10-6-8-12-19(17)20/h5-12,20H,3-4,13-15H2,1-2H3. The smallest absolute Gasteiger partial charge is 0.307 e. The summed E-state index contributed by atoms with van der Waals surface area (Å²) < 4.78 is 5.61. The predicted octanol–water partition coefficient (Wildman–Crippen LogP) is 4.07. The largest absolute Gasteiger partial charge is 0.465 e. The molecule has 2 aromatic rings. The van der Waals surface area contributed by atoms with E-state index >= 15 is 0 Å². The molecule has 0 saturated carbocycles. The average molecular weight is 323 g/mol. The minimum atomic E-state index is -0.108. The second kappa shape index (κ2) is 7.63. The lowest BCUT2D eigenvalue weighted by Crippen LogP contribution is -2.26. The Balaban J connectivity index is 1.66. The molecule has 0 heterocycles. The lowest BCUT2D eigenvalue weighted by Gasteiger charge is -2.18. The van der Waals surface area contributed by atoms with Crippen LogP contribution in [0.5, 0.6) is 0 Å². The molecule has 0 N–H and O–H groups in total. The van der Waals surface area contributed by atoms with Gasteiger partial charge in [-0.05, 0) is 35.3 Å². The van der Waals surface area contributed by atoms with Crippen molar-refractivity contribution < 1.29 is 9.53 Å². The first-order chi connectivity index (χ1) is 11.7. The minimum Gasteiger partial charge on any atom is -0.465 e. The van der Waals surface area contributed by atoms with Gasteiger partial charge in [0.1, 0.15) is 6.61 Å². The van der Waals surface area contributed by atoms with Crippen LogP contribution < -0.4 is 0 Å². The Labute approximate surface area is 144 Å². The number of hydrogen-bond donors (Lipinski definition) is 0. The number of rotatable bonds is 7. The van der Waals surface area contributed by atoms with Gasteiger partial charge in [-0.3, -0.25) is 4.79 Å². The molecular weight excluding hydrogens is 298 g/mol. The molecule has 1 aliphatic carbocycles. The highest BCUT2D eigenvalue weighted by atomic mass is 16.5. The van der Waals surface area contributed by atoms with Gasteiger partial charge in [-0.1, -0.05) is 62.4 Å². The molecule has 0 unspecified atom stereocenters. The molecule has 0 aliphatic heterocycles. The van der Waals surface area contributed by atoms with Crippen LogP contribution in [0, 0.1) is 0 Å². The average Bonchev–Trinajstić information content (AvgIpc) is 2.95. The molecule has 0 aromatic heterocycles. The number of benzene rings is 2. The zero-order chi connectivity index (χ0) is 16.9. The summed E-state index contributed by atoms with van der Waals surface area (Å²) >= 11 is 0. The Kier molecular flexibility index (Phi) is 5.31. The molecule has 1 aliphatic rings.